The SMILES string of the molecule is C=C=CC1(O)Cc2cccc(OCOC)c21. The molecule has 0 radical (unpaired) electrons. The standard InChI is InChI=1S/C13H14O3/c1-3-7-13(14)8-10-5-4-6-11(12(10)13)16-9-15-2/h4-7,14H,1,8-9H2,2H3. The number of rotatable bonds is 4. The molecule has 1 atom stereocenters. The molecular formula is C13H14O3. The van der Waals surface area contributed by atoms with Crippen LogP contribution in [0.3, 0.4) is 0 Å². The second-order valence-corrected chi connectivity index (χ2v) is 3.79. The summed E-state index contributed by atoms with van der Waals surface area (Å²) < 4.78 is 10.3. The minimum absolute atomic E-state index is 0.171. The summed E-state index contributed by atoms with van der Waals surface area (Å²) in [5.74, 6) is 0.652. The van der Waals surface area contributed by atoms with E-state index in [2.05, 4.69) is 12.3 Å². The molecule has 0 amide bonds. The molecule has 1 N–H and O–H groups in total. The lowest BCUT2D eigenvalue weighted by Gasteiger charge is -2.37. The molecule has 1 aromatic carbocycles. The van der Waals surface area contributed by atoms with Gasteiger partial charge in [-0.2, -0.15) is 0 Å². The van der Waals surface area contributed by atoms with Crippen molar-refractivity contribution in [3.63, 3.8) is 0 Å². The summed E-state index contributed by atoms with van der Waals surface area (Å²) in [7, 11) is 1.56. The average Bonchev–Trinajstić information content (AvgIpc) is 2.25. The summed E-state index contributed by atoms with van der Waals surface area (Å²) in [6, 6.07) is 5.69. The minimum atomic E-state index is -0.985. The summed E-state index contributed by atoms with van der Waals surface area (Å²) in [5.41, 5.74) is 3.52. The van der Waals surface area contributed by atoms with Gasteiger partial charge < -0.3 is 14.6 Å². The third kappa shape index (κ3) is 1.65. The Balaban J connectivity index is 2.35. The second kappa shape index (κ2) is 4.14. The Bertz CT molecular complexity index is 446. The van der Waals surface area contributed by atoms with E-state index in [1.165, 1.54) is 0 Å². The monoisotopic (exact) mass is 218 g/mol. The Hall–Kier alpha value is -1.54. The molecule has 16 heavy (non-hydrogen) atoms. The molecule has 0 aliphatic heterocycles. The summed E-state index contributed by atoms with van der Waals surface area (Å²) in [6.07, 6.45) is 2.14. The van der Waals surface area contributed by atoms with E-state index in [9.17, 15) is 5.11 Å². The van der Waals surface area contributed by atoms with E-state index >= 15 is 0 Å². The van der Waals surface area contributed by atoms with Gasteiger partial charge in [0.15, 0.2) is 6.79 Å². The molecule has 1 unspecified atom stereocenters. The number of methoxy groups -OCH3 is 1. The van der Waals surface area contributed by atoms with Crippen molar-refractivity contribution in [1.29, 1.82) is 0 Å². The fourth-order valence-corrected chi connectivity index (χ4v) is 2.02. The zero-order valence-electron chi connectivity index (χ0n) is 9.19. The molecular weight excluding hydrogens is 204 g/mol. The molecule has 2 rings (SSSR count). The van der Waals surface area contributed by atoms with E-state index in [4.69, 9.17) is 9.47 Å². The van der Waals surface area contributed by atoms with Crippen LogP contribution in [0.1, 0.15) is 11.1 Å². The average molecular weight is 218 g/mol. The molecule has 0 saturated carbocycles. The van der Waals surface area contributed by atoms with Crippen molar-refractivity contribution < 1.29 is 14.6 Å². The normalized spacial score (nSPS) is 21.6. The van der Waals surface area contributed by atoms with Crippen LogP contribution in [0.4, 0.5) is 0 Å². The Labute approximate surface area is 94.6 Å². The lowest BCUT2D eigenvalue weighted by molar-refractivity contribution is 0.0329. The molecule has 3 heteroatoms. The van der Waals surface area contributed by atoms with Crippen LogP contribution in [0.15, 0.2) is 36.6 Å². The lowest BCUT2D eigenvalue weighted by atomic mass is 9.73. The first kappa shape index (κ1) is 11.0. The highest BCUT2D eigenvalue weighted by Crippen LogP contribution is 2.45. The zero-order valence-corrected chi connectivity index (χ0v) is 9.19. The number of fused-ring (bicyclic) bond motifs is 1. The third-order valence-corrected chi connectivity index (χ3v) is 2.68. The molecule has 0 spiro atoms. The van der Waals surface area contributed by atoms with Gasteiger partial charge in [0.1, 0.15) is 11.4 Å². The Morgan fingerprint density at radius 2 is 2.44 bits per heavy atom. The molecule has 1 aliphatic carbocycles. The molecule has 0 heterocycles. The highest BCUT2D eigenvalue weighted by Gasteiger charge is 2.41. The summed E-state index contributed by atoms with van der Waals surface area (Å²) >= 11 is 0. The van der Waals surface area contributed by atoms with Crippen LogP contribution in [-0.2, 0) is 16.8 Å². The third-order valence-electron chi connectivity index (χ3n) is 2.68. The van der Waals surface area contributed by atoms with Crippen LogP contribution in [0.25, 0.3) is 0 Å². The Morgan fingerprint density at radius 1 is 1.62 bits per heavy atom. The van der Waals surface area contributed by atoms with Gasteiger partial charge in [-0.3, -0.25) is 0 Å². The number of aliphatic hydroxyl groups is 1. The van der Waals surface area contributed by atoms with Crippen LogP contribution in [0.2, 0.25) is 0 Å². The fourth-order valence-electron chi connectivity index (χ4n) is 2.02. The van der Waals surface area contributed by atoms with E-state index in [0.717, 1.165) is 11.1 Å². The van der Waals surface area contributed by atoms with E-state index < -0.39 is 5.60 Å². The predicted octanol–water partition coefficient (Wildman–Crippen LogP) is 1.75. The fraction of sp³-hybridized carbons (Fsp3) is 0.308. The van der Waals surface area contributed by atoms with Crippen LogP contribution in [0, 0.1) is 0 Å². The first-order chi connectivity index (χ1) is 7.71. The van der Waals surface area contributed by atoms with Crippen LogP contribution in [-0.4, -0.2) is 19.0 Å². The van der Waals surface area contributed by atoms with Crippen LogP contribution in [0.5, 0.6) is 5.75 Å². The maximum Gasteiger partial charge on any atom is 0.188 e. The molecule has 0 aromatic heterocycles. The molecule has 3 nitrogen and oxygen atoms in total. The number of hydrogen-bond acceptors (Lipinski definition) is 3. The Kier molecular flexibility index (Phi) is 2.84. The van der Waals surface area contributed by atoms with E-state index in [1.54, 1.807) is 13.2 Å². The Morgan fingerprint density at radius 3 is 3.12 bits per heavy atom. The summed E-state index contributed by atoms with van der Waals surface area (Å²) in [6.45, 7) is 3.66. The molecule has 1 aliphatic rings. The van der Waals surface area contributed by atoms with Crippen molar-refractivity contribution in [1.82, 2.24) is 0 Å². The predicted molar refractivity (Wildman–Crippen MR) is 60.3 cm³/mol. The smallest absolute Gasteiger partial charge is 0.188 e. The van der Waals surface area contributed by atoms with Crippen molar-refractivity contribution in [2.45, 2.75) is 12.0 Å². The summed E-state index contributed by atoms with van der Waals surface area (Å²) in [4.78, 5) is 0. The molecule has 0 fully saturated rings. The lowest BCUT2D eigenvalue weighted by Crippen LogP contribution is -2.37. The highest BCUT2D eigenvalue weighted by atomic mass is 16.7. The van der Waals surface area contributed by atoms with Crippen molar-refractivity contribution >= 4 is 0 Å². The van der Waals surface area contributed by atoms with Crippen LogP contribution < -0.4 is 4.74 Å². The van der Waals surface area contributed by atoms with Crippen molar-refractivity contribution in [2.24, 2.45) is 0 Å². The maximum atomic E-state index is 10.3. The highest BCUT2D eigenvalue weighted by molar-refractivity contribution is 5.54. The van der Waals surface area contributed by atoms with Gasteiger partial charge in [-0.25, -0.2) is 0 Å². The van der Waals surface area contributed by atoms with Gasteiger partial charge in [-0.05, 0) is 17.7 Å². The molecule has 0 saturated heterocycles. The van der Waals surface area contributed by atoms with Gasteiger partial charge in [0.05, 0.1) is 0 Å². The van der Waals surface area contributed by atoms with Crippen LogP contribution >= 0.6 is 0 Å². The topological polar surface area (TPSA) is 38.7 Å². The van der Waals surface area contributed by atoms with Gasteiger partial charge in [0, 0.05) is 19.1 Å². The quantitative estimate of drug-likeness (QED) is 0.618. The minimum Gasteiger partial charge on any atom is -0.467 e. The zero-order chi connectivity index (χ0) is 11.6. The van der Waals surface area contributed by atoms with Gasteiger partial charge in [0.25, 0.3) is 0 Å². The molecule has 0 bridgehead atoms. The van der Waals surface area contributed by atoms with Gasteiger partial charge >= 0.3 is 0 Å². The van der Waals surface area contributed by atoms with Crippen molar-refractivity contribution in [2.75, 3.05) is 13.9 Å². The second-order valence-electron chi connectivity index (χ2n) is 3.79. The molecule has 1 aromatic rings. The van der Waals surface area contributed by atoms with Gasteiger partial charge in [0.2, 0.25) is 0 Å². The maximum absolute atomic E-state index is 10.3. The van der Waals surface area contributed by atoms with Gasteiger partial charge in [-0.15, -0.1) is 5.73 Å². The van der Waals surface area contributed by atoms with Crippen molar-refractivity contribution in [3.8, 4) is 5.75 Å². The first-order valence-electron chi connectivity index (χ1n) is 5.05. The number of ether oxygens (including phenoxy) is 2. The van der Waals surface area contributed by atoms with E-state index in [1.807, 2.05) is 18.2 Å². The number of benzene rings is 1. The number of hydrogen-bond donors (Lipinski definition) is 1. The summed E-state index contributed by atoms with van der Waals surface area (Å²) in [5, 5.41) is 10.3. The first-order valence-corrected chi connectivity index (χ1v) is 5.05. The largest absolute Gasteiger partial charge is 0.467 e. The van der Waals surface area contributed by atoms with E-state index in [-0.39, 0.29) is 6.79 Å². The van der Waals surface area contributed by atoms with Gasteiger partial charge in [-0.1, -0.05) is 18.7 Å². The van der Waals surface area contributed by atoms with E-state index in [0.29, 0.717) is 12.2 Å². The molecule has 84 valence electrons. The van der Waals surface area contributed by atoms with Crippen molar-refractivity contribution in [3.05, 3.63) is 47.7 Å².